The van der Waals surface area contributed by atoms with E-state index < -0.39 is 0 Å². The summed E-state index contributed by atoms with van der Waals surface area (Å²) in [7, 11) is 0. The van der Waals surface area contributed by atoms with E-state index in [-0.39, 0.29) is 24.3 Å². The Labute approximate surface area is 146 Å². The Morgan fingerprint density at radius 3 is 2.88 bits per heavy atom. The van der Waals surface area contributed by atoms with E-state index in [0.29, 0.717) is 24.2 Å². The summed E-state index contributed by atoms with van der Waals surface area (Å²) in [6.07, 6.45) is 2.83. The van der Waals surface area contributed by atoms with Crippen LogP contribution in [0.1, 0.15) is 31.1 Å². The molecule has 2 aromatic rings. The second-order valence-corrected chi connectivity index (χ2v) is 6.25. The number of nitrogens with zero attached hydrogens (tertiary/aromatic N) is 2. The fraction of sp³-hybridized carbons (Fsp3) is 0.316. The maximum Gasteiger partial charge on any atom is 0.267 e. The van der Waals surface area contributed by atoms with Crippen molar-refractivity contribution >= 4 is 23.2 Å². The highest BCUT2D eigenvalue weighted by atomic mass is 16.3. The molecule has 0 bridgehead atoms. The second kappa shape index (κ2) is 7.34. The van der Waals surface area contributed by atoms with Gasteiger partial charge < -0.3 is 9.73 Å². The van der Waals surface area contributed by atoms with Crippen LogP contribution in [0.2, 0.25) is 0 Å². The van der Waals surface area contributed by atoms with Crippen LogP contribution >= 0.6 is 0 Å². The Balaban J connectivity index is 1.71. The van der Waals surface area contributed by atoms with Crippen LogP contribution in [0.3, 0.4) is 0 Å². The first-order valence-corrected chi connectivity index (χ1v) is 8.33. The zero-order chi connectivity index (χ0) is 17.8. The Hall–Kier alpha value is -2.89. The SMILES string of the molecule is Cc1cccc(N2N=C(C(=O)N[C@H](C)Cc3ccco3)CCC2=O)c1. The average molecular weight is 339 g/mol. The van der Waals surface area contributed by atoms with Gasteiger partial charge in [-0.1, -0.05) is 12.1 Å². The maximum atomic E-state index is 12.5. The molecule has 2 amide bonds. The third kappa shape index (κ3) is 4.15. The lowest BCUT2D eigenvalue weighted by molar-refractivity contribution is -0.119. The van der Waals surface area contributed by atoms with Gasteiger partial charge in [-0.3, -0.25) is 9.59 Å². The molecule has 0 radical (unpaired) electrons. The number of anilines is 1. The monoisotopic (exact) mass is 339 g/mol. The van der Waals surface area contributed by atoms with Gasteiger partial charge in [-0.25, -0.2) is 5.01 Å². The Bertz CT molecular complexity index is 796. The summed E-state index contributed by atoms with van der Waals surface area (Å²) < 4.78 is 5.30. The standard InChI is InChI=1S/C19H21N3O3/c1-13-5-3-6-15(11-13)22-18(23)9-8-17(21-22)19(24)20-14(2)12-16-7-4-10-25-16/h3-7,10-11,14H,8-9,12H2,1-2H3,(H,20,24)/t14-/m1/s1. The van der Waals surface area contributed by atoms with Crippen molar-refractivity contribution in [2.45, 2.75) is 39.2 Å². The molecule has 130 valence electrons. The number of furan rings is 1. The third-order valence-corrected chi connectivity index (χ3v) is 4.01. The molecule has 0 aliphatic carbocycles. The van der Waals surface area contributed by atoms with Crippen LogP contribution in [0.4, 0.5) is 5.69 Å². The molecule has 0 unspecified atom stereocenters. The lowest BCUT2D eigenvalue weighted by Crippen LogP contribution is -2.42. The first-order chi connectivity index (χ1) is 12.0. The van der Waals surface area contributed by atoms with Crippen molar-refractivity contribution in [1.29, 1.82) is 0 Å². The minimum atomic E-state index is -0.246. The molecule has 6 nitrogen and oxygen atoms in total. The molecule has 1 atom stereocenters. The van der Waals surface area contributed by atoms with Crippen molar-refractivity contribution in [3.8, 4) is 0 Å². The number of aryl methyl sites for hydroxylation is 1. The molecule has 1 aromatic carbocycles. The number of hydrazone groups is 1. The van der Waals surface area contributed by atoms with Gasteiger partial charge in [-0.05, 0) is 43.7 Å². The number of carbonyl (C=O) groups is 2. The van der Waals surface area contributed by atoms with Crippen molar-refractivity contribution in [2.24, 2.45) is 5.10 Å². The molecule has 1 aromatic heterocycles. The molecule has 0 fully saturated rings. The number of nitrogens with one attached hydrogen (secondary N) is 1. The molecule has 1 aliphatic rings. The predicted octanol–water partition coefficient (Wildman–Crippen LogP) is 2.82. The molecule has 0 saturated carbocycles. The minimum Gasteiger partial charge on any atom is -0.469 e. The van der Waals surface area contributed by atoms with Crippen LogP contribution in [0.25, 0.3) is 0 Å². The summed E-state index contributed by atoms with van der Waals surface area (Å²) in [5.74, 6) is 0.463. The number of hydrogen-bond acceptors (Lipinski definition) is 4. The highest BCUT2D eigenvalue weighted by molar-refractivity contribution is 6.40. The molecule has 6 heteroatoms. The van der Waals surface area contributed by atoms with Crippen LogP contribution in [0, 0.1) is 6.92 Å². The minimum absolute atomic E-state index is 0.0913. The van der Waals surface area contributed by atoms with Crippen molar-refractivity contribution in [1.82, 2.24) is 5.32 Å². The summed E-state index contributed by atoms with van der Waals surface area (Å²) in [6, 6.07) is 11.1. The van der Waals surface area contributed by atoms with Crippen LogP contribution < -0.4 is 10.3 Å². The molecule has 1 N–H and O–H groups in total. The van der Waals surface area contributed by atoms with E-state index in [0.717, 1.165) is 11.3 Å². The van der Waals surface area contributed by atoms with E-state index in [1.54, 1.807) is 6.26 Å². The molecule has 2 heterocycles. The van der Waals surface area contributed by atoms with Gasteiger partial charge in [0.1, 0.15) is 11.5 Å². The number of amides is 2. The van der Waals surface area contributed by atoms with E-state index in [2.05, 4.69) is 10.4 Å². The van der Waals surface area contributed by atoms with Crippen LogP contribution in [0.5, 0.6) is 0 Å². The van der Waals surface area contributed by atoms with Gasteiger partial charge in [0.25, 0.3) is 5.91 Å². The number of rotatable bonds is 5. The quantitative estimate of drug-likeness (QED) is 0.910. The fourth-order valence-electron chi connectivity index (χ4n) is 2.77. The van der Waals surface area contributed by atoms with Crippen LogP contribution in [0.15, 0.2) is 52.2 Å². The van der Waals surface area contributed by atoms with Crippen molar-refractivity contribution in [3.05, 3.63) is 54.0 Å². The van der Waals surface area contributed by atoms with Crippen molar-refractivity contribution in [2.75, 3.05) is 5.01 Å². The van der Waals surface area contributed by atoms with Gasteiger partial charge >= 0.3 is 0 Å². The van der Waals surface area contributed by atoms with Gasteiger partial charge in [0.2, 0.25) is 5.91 Å². The lowest BCUT2D eigenvalue weighted by Gasteiger charge is -2.24. The summed E-state index contributed by atoms with van der Waals surface area (Å²) in [5.41, 5.74) is 2.08. The van der Waals surface area contributed by atoms with Crippen LogP contribution in [-0.4, -0.2) is 23.6 Å². The van der Waals surface area contributed by atoms with Crippen LogP contribution in [-0.2, 0) is 16.0 Å². The highest BCUT2D eigenvalue weighted by Gasteiger charge is 2.26. The van der Waals surface area contributed by atoms with Gasteiger partial charge in [0, 0.05) is 25.3 Å². The zero-order valence-corrected chi connectivity index (χ0v) is 14.4. The van der Waals surface area contributed by atoms with E-state index in [4.69, 9.17) is 4.42 Å². The molecule has 3 rings (SSSR count). The smallest absolute Gasteiger partial charge is 0.267 e. The molecule has 0 spiro atoms. The fourth-order valence-corrected chi connectivity index (χ4v) is 2.77. The molecule has 25 heavy (non-hydrogen) atoms. The largest absolute Gasteiger partial charge is 0.469 e. The van der Waals surface area contributed by atoms with E-state index in [1.807, 2.05) is 50.2 Å². The molecule has 0 saturated heterocycles. The highest BCUT2D eigenvalue weighted by Crippen LogP contribution is 2.21. The van der Waals surface area contributed by atoms with E-state index in [9.17, 15) is 9.59 Å². The summed E-state index contributed by atoms with van der Waals surface area (Å²) in [6.45, 7) is 3.86. The summed E-state index contributed by atoms with van der Waals surface area (Å²) >= 11 is 0. The number of hydrogen-bond donors (Lipinski definition) is 1. The normalized spacial score (nSPS) is 15.7. The van der Waals surface area contributed by atoms with Crippen molar-refractivity contribution < 1.29 is 14.0 Å². The van der Waals surface area contributed by atoms with E-state index in [1.165, 1.54) is 5.01 Å². The Morgan fingerprint density at radius 2 is 2.16 bits per heavy atom. The molecular weight excluding hydrogens is 318 g/mol. The third-order valence-electron chi connectivity index (χ3n) is 4.01. The first kappa shape index (κ1) is 17.0. The van der Waals surface area contributed by atoms with Gasteiger partial charge in [-0.15, -0.1) is 0 Å². The number of carbonyl (C=O) groups excluding carboxylic acids is 2. The summed E-state index contributed by atoms with van der Waals surface area (Å²) in [5, 5.41) is 8.53. The number of benzene rings is 1. The van der Waals surface area contributed by atoms with E-state index >= 15 is 0 Å². The Morgan fingerprint density at radius 1 is 1.32 bits per heavy atom. The molecule has 1 aliphatic heterocycles. The Kier molecular flexibility index (Phi) is 4.97. The van der Waals surface area contributed by atoms with Crippen molar-refractivity contribution in [3.63, 3.8) is 0 Å². The molecular formula is C19H21N3O3. The zero-order valence-electron chi connectivity index (χ0n) is 14.4. The lowest BCUT2D eigenvalue weighted by atomic mass is 10.1. The average Bonchev–Trinajstić information content (AvgIpc) is 3.08. The maximum absolute atomic E-state index is 12.5. The predicted molar refractivity (Wildman–Crippen MR) is 95.4 cm³/mol. The first-order valence-electron chi connectivity index (χ1n) is 8.33. The van der Waals surface area contributed by atoms with Gasteiger partial charge in [-0.2, -0.15) is 5.10 Å². The summed E-state index contributed by atoms with van der Waals surface area (Å²) in [4.78, 5) is 24.7. The van der Waals surface area contributed by atoms with Gasteiger partial charge in [0.15, 0.2) is 0 Å². The van der Waals surface area contributed by atoms with Gasteiger partial charge in [0.05, 0.1) is 12.0 Å². The topological polar surface area (TPSA) is 74.9 Å². The second-order valence-electron chi connectivity index (χ2n) is 6.25.